The summed E-state index contributed by atoms with van der Waals surface area (Å²) in [5.74, 6) is 0.791. The molecule has 160 valence electrons. The first kappa shape index (κ1) is 21.5. The third kappa shape index (κ3) is 4.48. The van der Waals surface area contributed by atoms with Crippen LogP contribution in [0.4, 0.5) is 0 Å². The number of fused-ring (bicyclic) bond motifs is 1. The topological polar surface area (TPSA) is 72.8 Å². The van der Waals surface area contributed by atoms with E-state index in [1.807, 2.05) is 60.7 Å². The van der Waals surface area contributed by atoms with Gasteiger partial charge < -0.3 is 9.47 Å². The summed E-state index contributed by atoms with van der Waals surface area (Å²) in [5, 5.41) is 4.89. The number of hydrogen-bond acceptors (Lipinski definition) is 5. The first-order valence-electron chi connectivity index (χ1n) is 9.81. The highest BCUT2D eigenvalue weighted by Crippen LogP contribution is 2.29. The van der Waals surface area contributed by atoms with E-state index in [-0.39, 0.29) is 5.91 Å². The van der Waals surface area contributed by atoms with E-state index in [4.69, 9.17) is 14.5 Å². The molecule has 0 atom stereocenters. The number of carbonyl (C=O) groups excluding carboxylic acids is 1. The number of aromatic nitrogens is 1. The minimum atomic E-state index is -0.335. The van der Waals surface area contributed by atoms with E-state index in [9.17, 15) is 4.79 Å². The van der Waals surface area contributed by atoms with Crippen molar-refractivity contribution in [1.82, 2.24) is 10.4 Å². The molecule has 0 bridgehead atoms. The quantitative estimate of drug-likeness (QED) is 0.289. The molecule has 0 radical (unpaired) electrons. The van der Waals surface area contributed by atoms with E-state index in [1.165, 1.54) is 6.21 Å². The van der Waals surface area contributed by atoms with Gasteiger partial charge in [-0.3, -0.25) is 4.79 Å². The Kier molecular flexibility index (Phi) is 6.47. The van der Waals surface area contributed by atoms with E-state index in [2.05, 4.69) is 26.5 Å². The van der Waals surface area contributed by atoms with E-state index in [0.29, 0.717) is 28.3 Å². The molecule has 4 aromatic rings. The van der Waals surface area contributed by atoms with Gasteiger partial charge in [-0.15, -0.1) is 0 Å². The van der Waals surface area contributed by atoms with Gasteiger partial charge in [0.15, 0.2) is 11.5 Å². The van der Waals surface area contributed by atoms with Gasteiger partial charge in [-0.2, -0.15) is 5.10 Å². The van der Waals surface area contributed by atoms with Crippen molar-refractivity contribution in [2.24, 2.45) is 5.10 Å². The predicted molar refractivity (Wildman–Crippen MR) is 129 cm³/mol. The largest absolute Gasteiger partial charge is 0.493 e. The van der Waals surface area contributed by atoms with Crippen LogP contribution in [-0.4, -0.2) is 31.3 Å². The first-order chi connectivity index (χ1) is 15.6. The Hall–Kier alpha value is -3.71. The number of rotatable bonds is 6. The molecule has 4 rings (SSSR count). The predicted octanol–water partition coefficient (Wildman–Crippen LogP) is 5.45. The second-order valence-corrected chi connectivity index (χ2v) is 7.78. The van der Waals surface area contributed by atoms with Crippen molar-refractivity contribution >= 4 is 39.0 Å². The Morgan fingerprint density at radius 1 is 1.00 bits per heavy atom. The Morgan fingerprint density at radius 3 is 2.59 bits per heavy atom. The lowest BCUT2D eigenvalue weighted by atomic mass is 10.0. The molecule has 0 unspecified atom stereocenters. The molecule has 0 aliphatic carbocycles. The highest BCUT2D eigenvalue weighted by atomic mass is 79.9. The van der Waals surface area contributed by atoms with Gasteiger partial charge in [0.1, 0.15) is 0 Å². The smallest absolute Gasteiger partial charge is 0.272 e. The average Bonchev–Trinajstić information content (AvgIpc) is 2.83. The van der Waals surface area contributed by atoms with Crippen molar-refractivity contribution in [3.8, 4) is 22.8 Å². The number of amides is 1. The molecule has 1 aromatic heterocycles. The zero-order chi connectivity index (χ0) is 22.5. The fourth-order valence-corrected chi connectivity index (χ4v) is 3.79. The molecule has 1 N–H and O–H groups in total. The van der Waals surface area contributed by atoms with Gasteiger partial charge in [0.2, 0.25) is 0 Å². The van der Waals surface area contributed by atoms with Crippen molar-refractivity contribution in [2.45, 2.75) is 0 Å². The van der Waals surface area contributed by atoms with Crippen molar-refractivity contribution in [1.29, 1.82) is 0 Å². The summed E-state index contributed by atoms with van der Waals surface area (Å²) in [7, 11) is 3.12. The monoisotopic (exact) mass is 489 g/mol. The van der Waals surface area contributed by atoms with Crippen LogP contribution in [0.2, 0.25) is 0 Å². The molecule has 32 heavy (non-hydrogen) atoms. The van der Waals surface area contributed by atoms with Crippen LogP contribution in [0.25, 0.3) is 22.2 Å². The molecule has 1 heterocycles. The maximum Gasteiger partial charge on any atom is 0.272 e. The van der Waals surface area contributed by atoms with Crippen LogP contribution in [0.3, 0.4) is 0 Å². The van der Waals surface area contributed by atoms with E-state index < -0.39 is 0 Å². The molecule has 0 saturated heterocycles. The molecular weight excluding hydrogens is 470 g/mol. The number of ether oxygens (including phenoxy) is 2. The highest BCUT2D eigenvalue weighted by molar-refractivity contribution is 9.10. The summed E-state index contributed by atoms with van der Waals surface area (Å²) in [4.78, 5) is 17.8. The minimum Gasteiger partial charge on any atom is -0.493 e. The summed E-state index contributed by atoms with van der Waals surface area (Å²) in [6, 6.07) is 22.6. The minimum absolute atomic E-state index is 0.335. The average molecular weight is 490 g/mol. The summed E-state index contributed by atoms with van der Waals surface area (Å²) < 4.78 is 11.6. The van der Waals surface area contributed by atoms with Crippen LogP contribution in [0.5, 0.6) is 11.5 Å². The lowest BCUT2D eigenvalue weighted by Gasteiger charge is -2.10. The summed E-state index contributed by atoms with van der Waals surface area (Å²) in [6.07, 6.45) is 1.53. The summed E-state index contributed by atoms with van der Waals surface area (Å²) in [5.41, 5.74) is 6.12. The fourth-order valence-electron chi connectivity index (χ4n) is 3.39. The number of para-hydroxylation sites is 2. The Bertz CT molecular complexity index is 1320. The van der Waals surface area contributed by atoms with Gasteiger partial charge >= 0.3 is 0 Å². The van der Waals surface area contributed by atoms with E-state index in [1.54, 1.807) is 26.4 Å². The molecule has 0 aliphatic heterocycles. The van der Waals surface area contributed by atoms with Crippen molar-refractivity contribution in [3.05, 3.63) is 88.4 Å². The zero-order valence-corrected chi connectivity index (χ0v) is 19.1. The molecule has 1 amide bonds. The second kappa shape index (κ2) is 9.62. The highest BCUT2D eigenvalue weighted by Gasteiger charge is 2.14. The standard InChI is InChI=1S/C25H20BrN3O3/c1-31-23-12-6-8-17(24(23)32-2)15-27-29-25(30)20-14-22(16-7-5-9-18(26)13-16)28-21-11-4-3-10-19(20)21/h3-15H,1-2H3,(H,29,30). The number of hydrogen-bond donors (Lipinski definition) is 1. The number of halogens is 1. The number of hydrazone groups is 1. The summed E-state index contributed by atoms with van der Waals surface area (Å²) in [6.45, 7) is 0. The molecule has 0 fully saturated rings. The zero-order valence-electron chi connectivity index (χ0n) is 17.5. The van der Waals surface area contributed by atoms with E-state index >= 15 is 0 Å². The van der Waals surface area contributed by atoms with Gasteiger partial charge in [-0.05, 0) is 36.4 Å². The van der Waals surface area contributed by atoms with Crippen molar-refractivity contribution in [3.63, 3.8) is 0 Å². The van der Waals surface area contributed by atoms with Gasteiger partial charge in [0, 0.05) is 21.0 Å². The number of nitrogens with one attached hydrogen (secondary N) is 1. The lowest BCUT2D eigenvalue weighted by molar-refractivity contribution is 0.0956. The Morgan fingerprint density at radius 2 is 1.81 bits per heavy atom. The van der Waals surface area contributed by atoms with Crippen molar-refractivity contribution < 1.29 is 14.3 Å². The van der Waals surface area contributed by atoms with Gasteiger partial charge in [-0.25, -0.2) is 10.4 Å². The SMILES string of the molecule is COc1cccc(C=NNC(=O)c2cc(-c3cccc(Br)c3)nc3ccccc23)c1OC. The molecular formula is C25H20BrN3O3. The third-order valence-electron chi connectivity index (χ3n) is 4.88. The Balaban J connectivity index is 1.67. The lowest BCUT2D eigenvalue weighted by Crippen LogP contribution is -2.18. The first-order valence-corrected chi connectivity index (χ1v) is 10.6. The van der Waals surface area contributed by atoms with Crippen LogP contribution in [0, 0.1) is 0 Å². The molecule has 7 heteroatoms. The second-order valence-electron chi connectivity index (χ2n) is 6.86. The molecule has 6 nitrogen and oxygen atoms in total. The number of nitrogens with zero attached hydrogens (tertiary/aromatic N) is 2. The third-order valence-corrected chi connectivity index (χ3v) is 5.38. The van der Waals surface area contributed by atoms with Crippen LogP contribution >= 0.6 is 15.9 Å². The van der Waals surface area contributed by atoms with Crippen molar-refractivity contribution in [2.75, 3.05) is 14.2 Å². The maximum absolute atomic E-state index is 13.1. The van der Waals surface area contributed by atoms with Crippen LogP contribution < -0.4 is 14.9 Å². The van der Waals surface area contributed by atoms with Gasteiger partial charge in [0.05, 0.1) is 37.2 Å². The van der Waals surface area contributed by atoms with Crippen LogP contribution in [0.15, 0.2) is 82.4 Å². The molecule has 0 spiro atoms. The number of benzene rings is 3. The van der Waals surface area contributed by atoms with Crippen LogP contribution in [-0.2, 0) is 0 Å². The molecule has 3 aromatic carbocycles. The number of pyridine rings is 1. The fraction of sp³-hybridized carbons (Fsp3) is 0.0800. The Labute approximate surface area is 194 Å². The van der Waals surface area contributed by atoms with E-state index in [0.717, 1.165) is 20.9 Å². The maximum atomic E-state index is 13.1. The molecule has 0 aliphatic rings. The van der Waals surface area contributed by atoms with Crippen LogP contribution in [0.1, 0.15) is 15.9 Å². The normalized spacial score (nSPS) is 11.0. The molecule has 0 saturated carbocycles. The summed E-state index contributed by atoms with van der Waals surface area (Å²) >= 11 is 3.49. The van der Waals surface area contributed by atoms with Gasteiger partial charge in [0.25, 0.3) is 5.91 Å². The number of carbonyl (C=O) groups is 1. The number of methoxy groups -OCH3 is 2. The van der Waals surface area contributed by atoms with Gasteiger partial charge in [-0.1, -0.05) is 52.3 Å².